The molecule has 1 aromatic rings. The Labute approximate surface area is 162 Å². The van der Waals surface area contributed by atoms with Crippen LogP contribution in [0.15, 0.2) is 18.2 Å². The van der Waals surface area contributed by atoms with Crippen molar-refractivity contribution in [3.63, 3.8) is 0 Å². The summed E-state index contributed by atoms with van der Waals surface area (Å²) < 4.78 is 5.48. The van der Waals surface area contributed by atoms with Gasteiger partial charge in [-0.05, 0) is 57.1 Å². The molecule has 6 nitrogen and oxygen atoms in total. The highest BCUT2D eigenvalue weighted by molar-refractivity contribution is 5.79. The molecule has 1 amide bonds. The number of ether oxygens (including phenoxy) is 1. The van der Waals surface area contributed by atoms with E-state index in [0.29, 0.717) is 18.3 Å². The van der Waals surface area contributed by atoms with Crippen LogP contribution >= 0.6 is 0 Å². The fourth-order valence-corrected chi connectivity index (χ4v) is 4.07. The largest absolute Gasteiger partial charge is 0.504 e. The van der Waals surface area contributed by atoms with Gasteiger partial charge in [-0.1, -0.05) is 13.0 Å². The summed E-state index contributed by atoms with van der Waals surface area (Å²) in [6.07, 6.45) is 1.87. The number of aromatic hydroxyl groups is 1. The molecule has 2 aliphatic rings. The molecule has 2 fully saturated rings. The summed E-state index contributed by atoms with van der Waals surface area (Å²) in [6.45, 7) is 12.2. The second-order valence-electron chi connectivity index (χ2n) is 7.55. The summed E-state index contributed by atoms with van der Waals surface area (Å²) in [6, 6.07) is 5.57. The van der Waals surface area contributed by atoms with Crippen molar-refractivity contribution >= 4 is 5.91 Å². The SMILES string of the molecule is CCOc1cc(CN2CCC(C(=O)N3CCN(CC)CC3)CC2)ccc1O. The summed E-state index contributed by atoms with van der Waals surface area (Å²) in [5, 5.41) is 9.84. The molecule has 0 spiro atoms. The van der Waals surface area contributed by atoms with E-state index >= 15 is 0 Å². The first-order chi connectivity index (χ1) is 13.1. The Balaban J connectivity index is 1.47. The van der Waals surface area contributed by atoms with Gasteiger partial charge in [0.2, 0.25) is 5.91 Å². The predicted octanol–water partition coefficient (Wildman–Crippen LogP) is 2.17. The summed E-state index contributed by atoms with van der Waals surface area (Å²) in [5.74, 6) is 1.27. The van der Waals surface area contributed by atoms with Gasteiger partial charge in [0, 0.05) is 38.6 Å². The predicted molar refractivity (Wildman–Crippen MR) is 106 cm³/mol. The van der Waals surface area contributed by atoms with Crippen LogP contribution in [0, 0.1) is 5.92 Å². The van der Waals surface area contributed by atoms with Gasteiger partial charge in [0.15, 0.2) is 11.5 Å². The standard InChI is InChI=1S/C21H33N3O3/c1-3-22-11-13-24(14-12-22)21(26)18-7-9-23(10-8-18)16-17-5-6-19(25)20(15-17)27-4-2/h5-6,15,18,25H,3-4,7-14,16H2,1-2H3. The van der Waals surface area contributed by atoms with Crippen LogP contribution in [0.2, 0.25) is 0 Å². The topological polar surface area (TPSA) is 56.2 Å². The smallest absolute Gasteiger partial charge is 0.225 e. The molecule has 0 radical (unpaired) electrons. The van der Waals surface area contributed by atoms with Crippen LogP contribution in [0.3, 0.4) is 0 Å². The van der Waals surface area contributed by atoms with E-state index < -0.39 is 0 Å². The molecule has 0 bridgehead atoms. The van der Waals surface area contributed by atoms with Gasteiger partial charge < -0.3 is 19.6 Å². The van der Waals surface area contributed by atoms with E-state index in [-0.39, 0.29) is 11.7 Å². The zero-order valence-electron chi connectivity index (χ0n) is 16.7. The number of rotatable bonds is 6. The first-order valence-corrected chi connectivity index (χ1v) is 10.3. The Bertz CT molecular complexity index is 621. The number of nitrogens with zero attached hydrogens (tertiary/aromatic N) is 3. The number of phenolic OH excluding ortho intramolecular Hbond substituents is 1. The highest BCUT2D eigenvalue weighted by Crippen LogP contribution is 2.28. The number of piperazine rings is 1. The molecule has 0 atom stereocenters. The van der Waals surface area contributed by atoms with Crippen molar-refractivity contribution < 1.29 is 14.6 Å². The van der Waals surface area contributed by atoms with Crippen LogP contribution in [-0.2, 0) is 11.3 Å². The lowest BCUT2D eigenvalue weighted by Gasteiger charge is -2.38. The zero-order chi connectivity index (χ0) is 19.2. The van der Waals surface area contributed by atoms with Crippen LogP contribution in [0.1, 0.15) is 32.3 Å². The van der Waals surface area contributed by atoms with E-state index in [0.717, 1.165) is 70.8 Å². The van der Waals surface area contributed by atoms with Crippen LogP contribution in [0.25, 0.3) is 0 Å². The van der Waals surface area contributed by atoms with Crippen molar-refractivity contribution in [2.75, 3.05) is 52.4 Å². The minimum Gasteiger partial charge on any atom is -0.504 e. The molecule has 27 heavy (non-hydrogen) atoms. The molecule has 0 saturated carbocycles. The third-order valence-corrected chi connectivity index (χ3v) is 5.80. The zero-order valence-corrected chi connectivity index (χ0v) is 16.7. The van der Waals surface area contributed by atoms with Crippen LogP contribution in [-0.4, -0.2) is 78.1 Å². The van der Waals surface area contributed by atoms with Crippen LogP contribution < -0.4 is 4.74 Å². The van der Waals surface area contributed by atoms with Crippen LogP contribution in [0.5, 0.6) is 11.5 Å². The van der Waals surface area contributed by atoms with E-state index in [4.69, 9.17) is 4.74 Å². The third-order valence-electron chi connectivity index (χ3n) is 5.80. The first kappa shape index (κ1) is 20.0. The average Bonchev–Trinajstić information content (AvgIpc) is 2.71. The second-order valence-corrected chi connectivity index (χ2v) is 7.55. The number of phenols is 1. The minimum atomic E-state index is 0.174. The number of likely N-dealkylation sites (tertiary alicyclic amines) is 1. The number of likely N-dealkylation sites (N-methyl/N-ethyl adjacent to an activating group) is 1. The molecule has 3 rings (SSSR count). The molecule has 1 N–H and O–H groups in total. The van der Waals surface area contributed by atoms with Gasteiger partial charge in [-0.2, -0.15) is 0 Å². The Morgan fingerprint density at radius 3 is 2.41 bits per heavy atom. The maximum Gasteiger partial charge on any atom is 0.225 e. The Morgan fingerprint density at radius 2 is 1.78 bits per heavy atom. The molecule has 1 aromatic carbocycles. The molecular formula is C21H33N3O3. The molecule has 2 heterocycles. The van der Waals surface area contributed by atoms with Crippen molar-refractivity contribution in [3.8, 4) is 11.5 Å². The number of piperidine rings is 1. The van der Waals surface area contributed by atoms with Crippen molar-refractivity contribution in [1.82, 2.24) is 14.7 Å². The van der Waals surface area contributed by atoms with Crippen molar-refractivity contribution in [1.29, 1.82) is 0 Å². The number of benzene rings is 1. The summed E-state index contributed by atoms with van der Waals surface area (Å²) in [4.78, 5) is 19.7. The Kier molecular flexibility index (Phi) is 6.96. The summed E-state index contributed by atoms with van der Waals surface area (Å²) in [5.41, 5.74) is 1.14. The van der Waals surface area contributed by atoms with Crippen molar-refractivity contribution in [3.05, 3.63) is 23.8 Å². The maximum atomic E-state index is 12.8. The molecule has 6 heteroatoms. The van der Waals surface area contributed by atoms with E-state index in [1.54, 1.807) is 6.07 Å². The Hall–Kier alpha value is -1.79. The van der Waals surface area contributed by atoms with Crippen LogP contribution in [0.4, 0.5) is 0 Å². The number of hydrogen-bond acceptors (Lipinski definition) is 5. The van der Waals surface area contributed by atoms with Gasteiger partial charge in [0.25, 0.3) is 0 Å². The van der Waals surface area contributed by atoms with E-state index in [1.165, 1.54) is 0 Å². The number of amides is 1. The first-order valence-electron chi connectivity index (χ1n) is 10.3. The van der Waals surface area contributed by atoms with Gasteiger partial charge in [0.1, 0.15) is 0 Å². The second kappa shape index (κ2) is 9.42. The van der Waals surface area contributed by atoms with Crippen molar-refractivity contribution in [2.45, 2.75) is 33.2 Å². The molecular weight excluding hydrogens is 342 g/mol. The number of hydrogen-bond donors (Lipinski definition) is 1. The molecule has 2 saturated heterocycles. The van der Waals surface area contributed by atoms with E-state index in [9.17, 15) is 9.90 Å². The van der Waals surface area contributed by atoms with Gasteiger partial charge in [-0.25, -0.2) is 0 Å². The molecule has 0 aromatic heterocycles. The fraction of sp³-hybridized carbons (Fsp3) is 0.667. The minimum absolute atomic E-state index is 0.174. The van der Waals surface area contributed by atoms with Gasteiger partial charge in [-0.15, -0.1) is 0 Å². The normalized spacial score (nSPS) is 20.0. The highest BCUT2D eigenvalue weighted by Gasteiger charge is 2.30. The summed E-state index contributed by atoms with van der Waals surface area (Å²) >= 11 is 0. The fourth-order valence-electron chi connectivity index (χ4n) is 4.07. The lowest BCUT2D eigenvalue weighted by molar-refractivity contribution is -0.138. The quantitative estimate of drug-likeness (QED) is 0.826. The molecule has 150 valence electrons. The van der Waals surface area contributed by atoms with Crippen molar-refractivity contribution in [2.24, 2.45) is 5.92 Å². The average molecular weight is 376 g/mol. The number of carbonyl (C=O) groups excluding carboxylic acids is 1. The van der Waals surface area contributed by atoms with Gasteiger partial charge in [0.05, 0.1) is 6.61 Å². The molecule has 0 unspecified atom stereocenters. The maximum absolute atomic E-state index is 12.8. The Morgan fingerprint density at radius 1 is 1.07 bits per heavy atom. The van der Waals surface area contributed by atoms with E-state index in [1.807, 2.05) is 19.1 Å². The van der Waals surface area contributed by atoms with Gasteiger partial charge in [-0.3, -0.25) is 9.69 Å². The highest BCUT2D eigenvalue weighted by atomic mass is 16.5. The monoisotopic (exact) mass is 375 g/mol. The van der Waals surface area contributed by atoms with E-state index in [2.05, 4.69) is 21.6 Å². The third kappa shape index (κ3) is 5.14. The number of carbonyl (C=O) groups is 1. The molecule has 0 aliphatic carbocycles. The van der Waals surface area contributed by atoms with Gasteiger partial charge >= 0.3 is 0 Å². The molecule has 2 aliphatic heterocycles. The summed E-state index contributed by atoms with van der Waals surface area (Å²) in [7, 11) is 0. The lowest BCUT2D eigenvalue weighted by Crippen LogP contribution is -2.51. The lowest BCUT2D eigenvalue weighted by atomic mass is 9.94.